The number of aliphatic carboxylic acids is 1. The Labute approximate surface area is 106 Å². The second-order valence-corrected chi connectivity index (χ2v) is 2.51. The van der Waals surface area contributed by atoms with Gasteiger partial charge in [-0.3, -0.25) is 0 Å². The van der Waals surface area contributed by atoms with Crippen molar-refractivity contribution in [2.24, 2.45) is 0 Å². The Morgan fingerprint density at radius 3 is 1.53 bits per heavy atom. The van der Waals surface area contributed by atoms with Crippen molar-refractivity contribution in [3.8, 4) is 0 Å². The number of rotatable bonds is 5. The van der Waals surface area contributed by atoms with Crippen LogP contribution in [0, 0.1) is 0 Å². The van der Waals surface area contributed by atoms with E-state index in [4.69, 9.17) is 30.6 Å². The summed E-state index contributed by atoms with van der Waals surface area (Å²) in [6.45, 7) is -0.843. The molecular formula is C6H18CoO10. The zero-order valence-electron chi connectivity index (χ0n) is 8.44. The third kappa shape index (κ3) is 9.37. The molecule has 0 rings (SSSR count). The Balaban J connectivity index is -0.000000120. The number of hydrogen-bond donors (Lipinski definition) is 6. The minimum Gasteiger partial charge on any atom is -0.479 e. The first kappa shape index (κ1) is 30.0. The second-order valence-electron chi connectivity index (χ2n) is 2.51. The molecule has 0 saturated carbocycles. The van der Waals surface area contributed by atoms with Crippen molar-refractivity contribution in [2.75, 3.05) is 6.61 Å². The molecule has 1 radical (unpaired) electrons. The van der Waals surface area contributed by atoms with Crippen molar-refractivity contribution < 1.29 is 68.6 Å². The van der Waals surface area contributed by atoms with Gasteiger partial charge in [0.05, 0.1) is 6.61 Å². The molecule has 0 amide bonds. The van der Waals surface area contributed by atoms with Crippen LogP contribution in [0.5, 0.6) is 0 Å². The van der Waals surface area contributed by atoms with Crippen molar-refractivity contribution in [1.29, 1.82) is 0 Å². The van der Waals surface area contributed by atoms with Gasteiger partial charge in [-0.1, -0.05) is 0 Å². The molecule has 0 saturated heterocycles. The molecule has 4 unspecified atom stereocenters. The summed E-state index contributed by atoms with van der Waals surface area (Å²) in [5, 5.41) is 51.8. The van der Waals surface area contributed by atoms with E-state index < -0.39 is 37.0 Å². The first-order chi connectivity index (χ1) is 5.91. The van der Waals surface area contributed by atoms with Crippen molar-refractivity contribution in [3.05, 3.63) is 0 Å². The van der Waals surface area contributed by atoms with Crippen LogP contribution in [0.3, 0.4) is 0 Å². The summed E-state index contributed by atoms with van der Waals surface area (Å²) in [5.41, 5.74) is 0. The fourth-order valence-corrected chi connectivity index (χ4v) is 0.668. The third-order valence-corrected chi connectivity index (χ3v) is 1.51. The van der Waals surface area contributed by atoms with E-state index in [1.54, 1.807) is 0 Å². The number of aliphatic hydroxyl groups is 5. The summed E-state index contributed by atoms with van der Waals surface area (Å²) in [6.07, 6.45) is -7.84. The van der Waals surface area contributed by atoms with Crippen LogP contribution in [0.4, 0.5) is 0 Å². The molecule has 0 aliphatic rings. The largest absolute Gasteiger partial charge is 0.479 e. The molecule has 0 fully saturated rings. The summed E-state index contributed by atoms with van der Waals surface area (Å²) in [4.78, 5) is 10.1. The Hall–Kier alpha value is -0.344. The van der Waals surface area contributed by atoms with Gasteiger partial charge in [-0.15, -0.1) is 0 Å². The molecule has 0 aromatic heterocycles. The number of carbonyl (C=O) groups is 1. The van der Waals surface area contributed by atoms with E-state index >= 15 is 0 Å². The van der Waals surface area contributed by atoms with Crippen LogP contribution in [0.2, 0.25) is 0 Å². The van der Waals surface area contributed by atoms with Crippen molar-refractivity contribution in [2.45, 2.75) is 24.4 Å². The smallest absolute Gasteiger partial charge is 0.335 e. The van der Waals surface area contributed by atoms with Gasteiger partial charge in [0.25, 0.3) is 0 Å². The second kappa shape index (κ2) is 13.7. The van der Waals surface area contributed by atoms with Gasteiger partial charge in [-0.2, -0.15) is 0 Å². The predicted molar refractivity (Wildman–Crippen MR) is 49.6 cm³/mol. The molecule has 0 heterocycles. The van der Waals surface area contributed by atoms with Crippen molar-refractivity contribution in [3.63, 3.8) is 0 Å². The molecule has 0 aliphatic heterocycles. The van der Waals surface area contributed by atoms with Crippen LogP contribution in [-0.4, -0.2) is 84.1 Å². The summed E-state index contributed by atoms with van der Waals surface area (Å²) in [5.74, 6) is -1.73. The van der Waals surface area contributed by atoms with Gasteiger partial charge < -0.3 is 47.1 Å². The molecule has 0 aromatic carbocycles. The molecular weight excluding hydrogens is 291 g/mol. The third-order valence-electron chi connectivity index (χ3n) is 1.51. The van der Waals surface area contributed by atoms with Crippen molar-refractivity contribution in [1.82, 2.24) is 0 Å². The Morgan fingerprint density at radius 2 is 1.29 bits per heavy atom. The Kier molecular flexibility index (Phi) is 24.3. The Morgan fingerprint density at radius 1 is 0.941 bits per heavy atom. The SMILES string of the molecule is O.O.O.O=C(O)C(O)C(O)C(O)C(O)CO.[Co]. The van der Waals surface area contributed by atoms with Gasteiger partial charge in [-0.25, -0.2) is 4.79 Å². The van der Waals surface area contributed by atoms with Gasteiger partial charge in [0.15, 0.2) is 6.10 Å². The summed E-state index contributed by atoms with van der Waals surface area (Å²) < 4.78 is 0. The summed E-state index contributed by atoms with van der Waals surface area (Å²) in [7, 11) is 0. The summed E-state index contributed by atoms with van der Waals surface area (Å²) >= 11 is 0. The molecule has 0 aromatic rings. The fourth-order valence-electron chi connectivity index (χ4n) is 0.668. The number of aliphatic hydroxyl groups excluding tert-OH is 5. The quantitative estimate of drug-likeness (QED) is 0.287. The van der Waals surface area contributed by atoms with Crippen molar-refractivity contribution >= 4 is 5.97 Å². The van der Waals surface area contributed by atoms with E-state index in [0.717, 1.165) is 0 Å². The molecule has 12 N–H and O–H groups in total. The van der Waals surface area contributed by atoms with Crippen LogP contribution in [0.15, 0.2) is 0 Å². The van der Waals surface area contributed by atoms with E-state index in [-0.39, 0.29) is 33.2 Å². The zero-order chi connectivity index (χ0) is 10.6. The normalized spacial score (nSPS) is 15.6. The van der Waals surface area contributed by atoms with Crippen LogP contribution in [-0.2, 0) is 21.6 Å². The average molecular weight is 309 g/mol. The molecule has 0 spiro atoms. The van der Waals surface area contributed by atoms with E-state index in [1.807, 2.05) is 0 Å². The molecule has 0 bridgehead atoms. The van der Waals surface area contributed by atoms with Gasteiger partial charge in [-0.05, 0) is 0 Å². The molecule has 10 nitrogen and oxygen atoms in total. The van der Waals surface area contributed by atoms with Crippen LogP contribution >= 0.6 is 0 Å². The maximum atomic E-state index is 10.1. The average Bonchev–Trinajstić information content (AvgIpc) is 2.12. The van der Waals surface area contributed by atoms with E-state index in [1.165, 1.54) is 0 Å². The first-order valence-electron chi connectivity index (χ1n) is 3.47. The fraction of sp³-hybridized carbons (Fsp3) is 0.833. The van der Waals surface area contributed by atoms with E-state index in [2.05, 4.69) is 0 Å². The maximum absolute atomic E-state index is 10.1. The first-order valence-corrected chi connectivity index (χ1v) is 3.47. The molecule has 4 atom stereocenters. The predicted octanol–water partition coefficient (Wildman–Crippen LogP) is -5.97. The van der Waals surface area contributed by atoms with Crippen LogP contribution in [0.1, 0.15) is 0 Å². The molecule has 0 aliphatic carbocycles. The van der Waals surface area contributed by atoms with Gasteiger partial charge in [0, 0.05) is 16.8 Å². The van der Waals surface area contributed by atoms with E-state index in [9.17, 15) is 4.79 Å². The summed E-state index contributed by atoms with van der Waals surface area (Å²) in [6, 6.07) is 0. The zero-order valence-corrected chi connectivity index (χ0v) is 9.48. The van der Waals surface area contributed by atoms with E-state index in [0.29, 0.717) is 0 Å². The number of carboxylic acids is 1. The van der Waals surface area contributed by atoms with Gasteiger partial charge in [0.2, 0.25) is 0 Å². The Bertz CT molecular complexity index is 178. The number of carboxylic acid groups (broad SMARTS) is 1. The molecule has 17 heavy (non-hydrogen) atoms. The van der Waals surface area contributed by atoms with Crippen LogP contribution in [0.25, 0.3) is 0 Å². The van der Waals surface area contributed by atoms with Crippen LogP contribution < -0.4 is 0 Å². The molecule has 111 valence electrons. The monoisotopic (exact) mass is 309 g/mol. The molecule has 11 heteroatoms. The standard InChI is InChI=1S/C6H12O7.Co.3H2O/c7-1-2(8)3(9)4(10)5(11)6(12)13;;;;/h2-5,7-11H,1H2,(H,12,13);;3*1H2. The van der Waals surface area contributed by atoms with Gasteiger partial charge in [0.1, 0.15) is 18.3 Å². The topological polar surface area (TPSA) is 233 Å². The minimum absolute atomic E-state index is 0. The minimum atomic E-state index is -2.20. The maximum Gasteiger partial charge on any atom is 0.335 e. The van der Waals surface area contributed by atoms with Gasteiger partial charge >= 0.3 is 5.97 Å². The number of hydrogen-bond acceptors (Lipinski definition) is 6.